The Hall–Kier alpha value is -2.15. The molecule has 7 heteroatoms. The molecule has 0 radical (unpaired) electrons. The van der Waals surface area contributed by atoms with Crippen molar-refractivity contribution in [1.29, 1.82) is 0 Å². The van der Waals surface area contributed by atoms with Crippen LogP contribution in [0.3, 0.4) is 0 Å². The zero-order valence-corrected chi connectivity index (χ0v) is 13.9. The molecular weight excluding hydrogens is 300 g/mol. The number of thiophene rings is 1. The predicted octanol–water partition coefficient (Wildman–Crippen LogP) is 1.83. The van der Waals surface area contributed by atoms with E-state index in [2.05, 4.69) is 18.1 Å². The SMILES string of the molecule is CCn1c2cc(C)sc2c2cnn(CC(=O)N(C)C)c(=O)c21. The van der Waals surface area contributed by atoms with E-state index in [1.54, 1.807) is 31.6 Å². The smallest absolute Gasteiger partial charge is 0.291 e. The summed E-state index contributed by atoms with van der Waals surface area (Å²) in [4.78, 5) is 27.2. The summed E-state index contributed by atoms with van der Waals surface area (Å²) in [7, 11) is 3.33. The van der Waals surface area contributed by atoms with E-state index in [1.807, 2.05) is 11.5 Å². The molecule has 0 N–H and O–H groups in total. The van der Waals surface area contributed by atoms with E-state index >= 15 is 0 Å². The molecule has 0 spiro atoms. The van der Waals surface area contributed by atoms with E-state index in [0.717, 1.165) is 15.6 Å². The number of fused-ring (bicyclic) bond motifs is 3. The zero-order valence-electron chi connectivity index (χ0n) is 13.1. The Labute approximate surface area is 131 Å². The number of hydrogen-bond acceptors (Lipinski definition) is 4. The lowest BCUT2D eigenvalue weighted by Crippen LogP contribution is -2.33. The van der Waals surface area contributed by atoms with Crippen LogP contribution in [0.15, 0.2) is 17.1 Å². The van der Waals surface area contributed by atoms with Crippen LogP contribution in [0.1, 0.15) is 11.8 Å². The van der Waals surface area contributed by atoms with Gasteiger partial charge in [-0.1, -0.05) is 0 Å². The number of aryl methyl sites for hydroxylation is 2. The van der Waals surface area contributed by atoms with Gasteiger partial charge in [0.05, 0.1) is 16.4 Å². The van der Waals surface area contributed by atoms with Crippen LogP contribution < -0.4 is 5.56 Å². The highest BCUT2D eigenvalue weighted by molar-refractivity contribution is 7.20. The maximum atomic E-state index is 12.7. The number of likely N-dealkylation sites (N-methyl/N-ethyl adjacent to an activating group) is 1. The van der Waals surface area contributed by atoms with Gasteiger partial charge in [0.25, 0.3) is 5.56 Å². The first-order valence-electron chi connectivity index (χ1n) is 7.12. The van der Waals surface area contributed by atoms with Gasteiger partial charge in [0.2, 0.25) is 5.91 Å². The lowest BCUT2D eigenvalue weighted by molar-refractivity contribution is -0.129. The summed E-state index contributed by atoms with van der Waals surface area (Å²) < 4.78 is 4.34. The molecule has 3 aromatic rings. The van der Waals surface area contributed by atoms with E-state index in [-0.39, 0.29) is 18.0 Å². The van der Waals surface area contributed by atoms with Crippen molar-refractivity contribution in [3.63, 3.8) is 0 Å². The lowest BCUT2D eigenvalue weighted by Gasteiger charge is -2.11. The number of carbonyl (C=O) groups excluding carboxylic acids is 1. The molecule has 3 heterocycles. The van der Waals surface area contributed by atoms with E-state index < -0.39 is 0 Å². The standard InChI is InChI=1S/C15H18N4O2S/c1-5-18-11-6-9(2)22-14(11)10-7-16-19(15(21)13(10)18)8-12(20)17(3)4/h6-7H,5,8H2,1-4H3. The topological polar surface area (TPSA) is 60.1 Å². The normalized spacial score (nSPS) is 11.5. The van der Waals surface area contributed by atoms with Crippen molar-refractivity contribution >= 4 is 38.4 Å². The quantitative estimate of drug-likeness (QED) is 0.740. The second kappa shape index (κ2) is 5.24. The van der Waals surface area contributed by atoms with Gasteiger partial charge in [-0.2, -0.15) is 5.10 Å². The first kappa shape index (κ1) is 14.8. The predicted molar refractivity (Wildman–Crippen MR) is 88.5 cm³/mol. The second-order valence-corrected chi connectivity index (χ2v) is 6.73. The maximum absolute atomic E-state index is 12.7. The van der Waals surface area contributed by atoms with Crippen LogP contribution in [0, 0.1) is 6.92 Å². The molecule has 1 amide bonds. The fraction of sp³-hybridized carbons (Fsp3) is 0.400. The van der Waals surface area contributed by atoms with E-state index in [0.29, 0.717) is 12.1 Å². The van der Waals surface area contributed by atoms with Crippen molar-refractivity contribution in [2.75, 3.05) is 14.1 Å². The Kier molecular flexibility index (Phi) is 3.52. The number of hydrogen-bond donors (Lipinski definition) is 0. The van der Waals surface area contributed by atoms with Crippen molar-refractivity contribution in [1.82, 2.24) is 19.2 Å². The summed E-state index contributed by atoms with van der Waals surface area (Å²) in [5.41, 5.74) is 1.48. The van der Waals surface area contributed by atoms with Crippen LogP contribution in [0.2, 0.25) is 0 Å². The summed E-state index contributed by atoms with van der Waals surface area (Å²) in [6, 6.07) is 2.10. The van der Waals surface area contributed by atoms with Crippen LogP contribution in [0.4, 0.5) is 0 Å². The minimum absolute atomic E-state index is 0.0383. The Morgan fingerprint density at radius 2 is 2.14 bits per heavy atom. The Balaban J connectivity index is 2.26. The number of rotatable bonds is 3. The lowest BCUT2D eigenvalue weighted by atomic mass is 10.3. The summed E-state index contributed by atoms with van der Waals surface area (Å²) in [6.07, 6.45) is 1.70. The fourth-order valence-corrected chi connectivity index (χ4v) is 3.66. The first-order valence-corrected chi connectivity index (χ1v) is 7.94. The fourth-order valence-electron chi connectivity index (χ4n) is 2.63. The van der Waals surface area contributed by atoms with Gasteiger partial charge in [-0.3, -0.25) is 9.59 Å². The van der Waals surface area contributed by atoms with Crippen molar-refractivity contribution in [3.8, 4) is 0 Å². The molecule has 0 bridgehead atoms. The van der Waals surface area contributed by atoms with Gasteiger partial charge in [-0.25, -0.2) is 4.68 Å². The van der Waals surface area contributed by atoms with E-state index in [4.69, 9.17) is 0 Å². The van der Waals surface area contributed by atoms with Crippen LogP contribution in [0.5, 0.6) is 0 Å². The highest BCUT2D eigenvalue weighted by atomic mass is 32.1. The average molecular weight is 318 g/mol. The molecule has 0 aliphatic heterocycles. The first-order chi connectivity index (χ1) is 10.4. The number of carbonyl (C=O) groups is 1. The summed E-state index contributed by atoms with van der Waals surface area (Å²) in [5.74, 6) is -0.152. The molecule has 116 valence electrons. The van der Waals surface area contributed by atoms with Crippen molar-refractivity contribution < 1.29 is 4.79 Å². The van der Waals surface area contributed by atoms with Gasteiger partial charge in [0, 0.05) is 30.9 Å². The molecule has 0 unspecified atom stereocenters. The van der Waals surface area contributed by atoms with E-state index in [1.165, 1.54) is 14.5 Å². The van der Waals surface area contributed by atoms with Gasteiger partial charge in [-0.05, 0) is 19.9 Å². The Morgan fingerprint density at radius 3 is 2.77 bits per heavy atom. The largest absolute Gasteiger partial charge is 0.347 e. The summed E-state index contributed by atoms with van der Waals surface area (Å²) in [6.45, 7) is 4.74. The molecule has 0 fully saturated rings. The summed E-state index contributed by atoms with van der Waals surface area (Å²) >= 11 is 1.67. The maximum Gasteiger partial charge on any atom is 0.291 e. The summed E-state index contributed by atoms with van der Waals surface area (Å²) in [5, 5.41) is 5.05. The van der Waals surface area contributed by atoms with Gasteiger partial charge in [0.1, 0.15) is 12.1 Å². The monoisotopic (exact) mass is 318 g/mol. The van der Waals surface area contributed by atoms with Gasteiger partial charge in [-0.15, -0.1) is 11.3 Å². The van der Waals surface area contributed by atoms with Gasteiger partial charge < -0.3 is 9.47 Å². The molecule has 3 aromatic heterocycles. The van der Waals surface area contributed by atoms with Crippen LogP contribution >= 0.6 is 11.3 Å². The number of nitrogens with zero attached hydrogens (tertiary/aromatic N) is 4. The minimum atomic E-state index is -0.212. The number of amides is 1. The molecule has 3 rings (SSSR count). The molecule has 0 saturated heterocycles. The third kappa shape index (κ3) is 2.12. The van der Waals surface area contributed by atoms with Crippen molar-refractivity contribution in [2.24, 2.45) is 0 Å². The second-order valence-electron chi connectivity index (χ2n) is 5.47. The molecule has 0 saturated carbocycles. The molecule has 0 aromatic carbocycles. The Bertz CT molecular complexity index is 932. The third-order valence-electron chi connectivity index (χ3n) is 3.76. The van der Waals surface area contributed by atoms with Gasteiger partial charge in [0.15, 0.2) is 0 Å². The van der Waals surface area contributed by atoms with Crippen LogP contribution in [-0.2, 0) is 17.9 Å². The highest BCUT2D eigenvalue weighted by Crippen LogP contribution is 2.33. The van der Waals surface area contributed by atoms with Crippen LogP contribution in [0.25, 0.3) is 21.1 Å². The number of aromatic nitrogens is 3. The van der Waals surface area contributed by atoms with Gasteiger partial charge >= 0.3 is 0 Å². The van der Waals surface area contributed by atoms with Crippen LogP contribution in [-0.4, -0.2) is 39.3 Å². The minimum Gasteiger partial charge on any atom is -0.347 e. The third-order valence-corrected chi connectivity index (χ3v) is 4.83. The Morgan fingerprint density at radius 1 is 1.41 bits per heavy atom. The molecule has 0 atom stereocenters. The molecular formula is C15H18N4O2S. The molecule has 0 aliphatic rings. The average Bonchev–Trinajstić information content (AvgIpc) is 2.96. The molecule has 6 nitrogen and oxygen atoms in total. The van der Waals surface area contributed by atoms with E-state index in [9.17, 15) is 9.59 Å². The zero-order chi connectivity index (χ0) is 16.0. The van der Waals surface area contributed by atoms with Crippen molar-refractivity contribution in [3.05, 3.63) is 27.5 Å². The van der Waals surface area contributed by atoms with Crippen molar-refractivity contribution in [2.45, 2.75) is 26.9 Å². The molecule has 22 heavy (non-hydrogen) atoms. The highest BCUT2D eigenvalue weighted by Gasteiger charge is 2.18. The molecule has 0 aliphatic carbocycles.